The number of nitrogens with zero attached hydrogens (tertiary/aromatic N) is 1. The molecule has 2 amide bonds. The number of nitrogens with one attached hydrogen (secondary N) is 1. The molecular formula is C26H48N2O6. The average Bonchev–Trinajstić information content (AvgIpc) is 2.80. The van der Waals surface area contributed by atoms with Gasteiger partial charge in [0.15, 0.2) is 5.78 Å². The van der Waals surface area contributed by atoms with E-state index in [0.717, 1.165) is 19.3 Å². The molecule has 0 fully saturated rings. The second-order valence-electron chi connectivity index (χ2n) is 9.29. The van der Waals surface area contributed by atoms with Gasteiger partial charge >= 0.3 is 5.97 Å². The molecule has 0 heterocycles. The second-order valence-corrected chi connectivity index (χ2v) is 9.29. The lowest BCUT2D eigenvalue weighted by molar-refractivity contribution is -0.141. The van der Waals surface area contributed by atoms with Gasteiger partial charge in [-0.25, -0.2) is 0 Å². The maximum absolute atomic E-state index is 12.4. The van der Waals surface area contributed by atoms with Crippen molar-refractivity contribution in [3.05, 3.63) is 0 Å². The normalized spacial score (nSPS) is 12.7. The molecule has 0 radical (unpaired) electrons. The summed E-state index contributed by atoms with van der Waals surface area (Å²) in [5.41, 5.74) is 0. The van der Waals surface area contributed by atoms with Crippen LogP contribution in [0.2, 0.25) is 0 Å². The molecule has 0 saturated heterocycles. The van der Waals surface area contributed by atoms with Crippen LogP contribution in [-0.2, 0) is 19.2 Å². The standard InChI is InChI=1S/C26H48N2O6/c1-4-5-6-7-8-9-10-11-12-13-14-15-16-17-24(31)28(3)22(20-29)26(34)27-21(2)23(30)18-19-25(32)33/h21-22,29H,4-20H2,1-3H3,(H,27,34)(H,32,33)/t21-,22-/m1/s1. The van der Waals surface area contributed by atoms with Crippen molar-refractivity contribution in [2.75, 3.05) is 13.7 Å². The number of aliphatic hydroxyl groups is 1. The zero-order valence-corrected chi connectivity index (χ0v) is 21.7. The Morgan fingerprint density at radius 3 is 1.68 bits per heavy atom. The van der Waals surface area contributed by atoms with Crippen LogP contribution in [0.4, 0.5) is 0 Å². The quantitative estimate of drug-likeness (QED) is 0.198. The topological polar surface area (TPSA) is 124 Å². The van der Waals surface area contributed by atoms with Crippen LogP contribution in [0.15, 0.2) is 0 Å². The lowest BCUT2D eigenvalue weighted by Crippen LogP contribution is -2.53. The van der Waals surface area contributed by atoms with Crippen molar-refractivity contribution in [1.29, 1.82) is 0 Å². The van der Waals surface area contributed by atoms with Crippen molar-refractivity contribution in [1.82, 2.24) is 10.2 Å². The summed E-state index contributed by atoms with van der Waals surface area (Å²) >= 11 is 0. The van der Waals surface area contributed by atoms with Gasteiger partial charge in [-0.1, -0.05) is 84.0 Å². The summed E-state index contributed by atoms with van der Waals surface area (Å²) in [4.78, 5) is 48.6. The maximum atomic E-state index is 12.4. The maximum Gasteiger partial charge on any atom is 0.303 e. The fourth-order valence-electron chi connectivity index (χ4n) is 3.86. The number of carboxylic acid groups (broad SMARTS) is 1. The SMILES string of the molecule is CCCCCCCCCCCCCCCC(=O)N(C)[C@H](CO)C(=O)N[C@H](C)C(=O)CCC(=O)O. The van der Waals surface area contributed by atoms with E-state index in [1.807, 2.05) is 0 Å². The van der Waals surface area contributed by atoms with Crippen LogP contribution < -0.4 is 5.32 Å². The van der Waals surface area contributed by atoms with Crippen LogP contribution in [0.1, 0.15) is 117 Å². The molecule has 0 aliphatic carbocycles. The van der Waals surface area contributed by atoms with E-state index < -0.39 is 36.4 Å². The molecule has 198 valence electrons. The molecule has 0 rings (SSSR count). The molecule has 8 nitrogen and oxygen atoms in total. The molecule has 34 heavy (non-hydrogen) atoms. The Labute approximate surface area is 205 Å². The van der Waals surface area contributed by atoms with Crippen molar-refractivity contribution in [2.24, 2.45) is 0 Å². The van der Waals surface area contributed by atoms with Crippen molar-refractivity contribution in [3.63, 3.8) is 0 Å². The van der Waals surface area contributed by atoms with Crippen molar-refractivity contribution in [3.8, 4) is 0 Å². The number of carboxylic acids is 1. The number of likely N-dealkylation sites (N-methyl/N-ethyl adjacent to an activating group) is 1. The van der Waals surface area contributed by atoms with E-state index in [1.54, 1.807) is 0 Å². The minimum absolute atomic E-state index is 0.186. The molecule has 0 bridgehead atoms. The Morgan fingerprint density at radius 1 is 0.765 bits per heavy atom. The predicted octanol–water partition coefficient (Wildman–Crippen LogP) is 4.23. The largest absolute Gasteiger partial charge is 0.481 e. The van der Waals surface area contributed by atoms with Crippen molar-refractivity contribution >= 4 is 23.6 Å². The summed E-state index contributed by atoms with van der Waals surface area (Å²) in [5, 5.41) is 20.7. The van der Waals surface area contributed by atoms with E-state index in [1.165, 1.54) is 83.1 Å². The highest BCUT2D eigenvalue weighted by Crippen LogP contribution is 2.13. The highest BCUT2D eigenvalue weighted by atomic mass is 16.4. The minimum Gasteiger partial charge on any atom is -0.481 e. The van der Waals surface area contributed by atoms with E-state index in [-0.39, 0.29) is 18.7 Å². The van der Waals surface area contributed by atoms with Crippen LogP contribution in [0.25, 0.3) is 0 Å². The molecule has 0 aliphatic heterocycles. The molecule has 3 N–H and O–H groups in total. The Bertz CT molecular complexity index is 596. The number of aliphatic hydroxyl groups excluding tert-OH is 1. The summed E-state index contributed by atoms with van der Waals surface area (Å²) in [6, 6.07) is -1.96. The lowest BCUT2D eigenvalue weighted by Gasteiger charge is -2.27. The number of rotatable bonds is 22. The van der Waals surface area contributed by atoms with Gasteiger partial charge in [-0.2, -0.15) is 0 Å². The van der Waals surface area contributed by atoms with Crippen LogP contribution in [0.5, 0.6) is 0 Å². The minimum atomic E-state index is -1.08. The Balaban J connectivity index is 4.03. The number of hydrogen-bond donors (Lipinski definition) is 3. The molecule has 0 aromatic rings. The molecule has 0 spiro atoms. The summed E-state index contributed by atoms with van der Waals surface area (Å²) in [6.07, 6.45) is 15.7. The summed E-state index contributed by atoms with van der Waals surface area (Å²) in [6.45, 7) is 3.15. The smallest absolute Gasteiger partial charge is 0.303 e. The van der Waals surface area contributed by atoms with Gasteiger partial charge < -0.3 is 20.4 Å². The van der Waals surface area contributed by atoms with Gasteiger partial charge in [-0.05, 0) is 13.3 Å². The molecule has 0 aromatic heterocycles. The zero-order chi connectivity index (χ0) is 25.8. The Kier molecular flexibility index (Phi) is 19.2. The van der Waals surface area contributed by atoms with Crippen molar-refractivity contribution < 1.29 is 29.4 Å². The zero-order valence-electron chi connectivity index (χ0n) is 21.7. The van der Waals surface area contributed by atoms with Crippen LogP contribution >= 0.6 is 0 Å². The first kappa shape index (κ1) is 32.0. The molecule has 2 atom stereocenters. The van der Waals surface area contributed by atoms with Gasteiger partial charge in [0.2, 0.25) is 11.8 Å². The second kappa shape index (κ2) is 20.4. The number of aliphatic carboxylic acids is 1. The van der Waals surface area contributed by atoms with Gasteiger partial charge in [-0.15, -0.1) is 0 Å². The van der Waals surface area contributed by atoms with Crippen molar-refractivity contribution in [2.45, 2.75) is 129 Å². The van der Waals surface area contributed by atoms with Crippen LogP contribution in [0.3, 0.4) is 0 Å². The number of carbonyl (C=O) groups excluding carboxylic acids is 3. The summed E-state index contributed by atoms with van der Waals surface area (Å²) in [7, 11) is 1.47. The molecule has 0 aromatic carbocycles. The molecule has 8 heteroatoms. The number of unbranched alkanes of at least 4 members (excludes halogenated alkanes) is 12. The fourth-order valence-corrected chi connectivity index (χ4v) is 3.86. The highest BCUT2D eigenvalue weighted by Gasteiger charge is 2.28. The van der Waals surface area contributed by atoms with Gasteiger partial charge in [0.1, 0.15) is 6.04 Å². The molecule has 0 unspecified atom stereocenters. The average molecular weight is 485 g/mol. The number of ketones is 1. The van der Waals surface area contributed by atoms with Crippen LogP contribution in [-0.4, -0.2) is 64.4 Å². The molecule has 0 aliphatic rings. The van der Waals surface area contributed by atoms with E-state index in [9.17, 15) is 24.3 Å². The van der Waals surface area contributed by atoms with Gasteiger partial charge in [-0.3, -0.25) is 19.2 Å². The van der Waals surface area contributed by atoms with Gasteiger partial charge in [0, 0.05) is 19.9 Å². The first-order chi connectivity index (χ1) is 16.2. The monoisotopic (exact) mass is 484 g/mol. The first-order valence-electron chi connectivity index (χ1n) is 13.2. The summed E-state index contributed by atoms with van der Waals surface area (Å²) in [5.74, 6) is -2.34. The van der Waals surface area contributed by atoms with E-state index in [4.69, 9.17) is 5.11 Å². The predicted molar refractivity (Wildman–Crippen MR) is 133 cm³/mol. The van der Waals surface area contributed by atoms with Gasteiger partial charge in [0.05, 0.1) is 19.1 Å². The molecular weight excluding hydrogens is 436 g/mol. The first-order valence-corrected chi connectivity index (χ1v) is 13.2. The number of carbonyl (C=O) groups is 4. The lowest BCUT2D eigenvalue weighted by atomic mass is 10.0. The Morgan fingerprint density at radius 2 is 1.24 bits per heavy atom. The van der Waals surface area contributed by atoms with E-state index in [2.05, 4.69) is 12.2 Å². The van der Waals surface area contributed by atoms with E-state index in [0.29, 0.717) is 6.42 Å². The summed E-state index contributed by atoms with van der Waals surface area (Å²) < 4.78 is 0. The van der Waals surface area contributed by atoms with Crippen LogP contribution in [0, 0.1) is 0 Å². The fraction of sp³-hybridized carbons (Fsp3) is 0.846. The number of amides is 2. The highest BCUT2D eigenvalue weighted by molar-refractivity contribution is 5.93. The van der Waals surface area contributed by atoms with Gasteiger partial charge in [0.25, 0.3) is 0 Å². The third-order valence-corrected chi connectivity index (χ3v) is 6.26. The van der Waals surface area contributed by atoms with E-state index >= 15 is 0 Å². The number of Topliss-reactive ketones (excluding diaryl/α,β-unsaturated/α-hetero) is 1. The number of hydrogen-bond acceptors (Lipinski definition) is 5. The molecule has 0 saturated carbocycles. The Hall–Kier alpha value is -1.96. The third-order valence-electron chi connectivity index (χ3n) is 6.26. The third kappa shape index (κ3) is 15.8.